The molecule has 0 spiro atoms. The Kier molecular flexibility index (Phi) is 2.58. The van der Waals surface area contributed by atoms with Crippen LogP contribution in [0.1, 0.15) is 0 Å². The maximum atomic E-state index is 5.97. The first kappa shape index (κ1) is 9.71. The molecular weight excluding hydrogens is 241 g/mol. The molecule has 6 heteroatoms. The minimum absolute atomic E-state index is 0.363. The Morgan fingerprint density at radius 1 is 1.36 bits per heavy atom. The summed E-state index contributed by atoms with van der Waals surface area (Å²) in [6.07, 6.45) is 1.58. The van der Waals surface area contributed by atoms with Gasteiger partial charge in [0.05, 0.1) is 10.7 Å². The largest absolute Gasteiger partial charge is 0.375 e. The van der Waals surface area contributed by atoms with E-state index in [-0.39, 0.29) is 0 Å². The van der Waals surface area contributed by atoms with Crippen LogP contribution in [0.5, 0.6) is 0 Å². The lowest BCUT2D eigenvalue weighted by molar-refractivity contribution is 1.31. The summed E-state index contributed by atoms with van der Waals surface area (Å²) in [5.74, 6) is 0. The van der Waals surface area contributed by atoms with E-state index >= 15 is 0 Å². The zero-order chi connectivity index (χ0) is 10.1. The molecule has 2 rings (SSSR count). The van der Waals surface area contributed by atoms with E-state index in [4.69, 9.17) is 28.9 Å². The molecule has 0 aliphatic rings. The fourth-order valence-electron chi connectivity index (χ4n) is 1.01. The minimum Gasteiger partial charge on any atom is -0.375 e. The fourth-order valence-corrected chi connectivity index (χ4v) is 2.03. The predicted molar refractivity (Wildman–Crippen MR) is 59.8 cm³/mol. The maximum Gasteiger partial charge on any atom is 0.180 e. The molecule has 2 aromatic rings. The average Bonchev–Trinajstić information content (AvgIpc) is 2.51. The Morgan fingerprint density at radius 2 is 2.14 bits per heavy atom. The Balaban J connectivity index is 2.52. The summed E-state index contributed by atoms with van der Waals surface area (Å²) in [5, 5.41) is 3.22. The van der Waals surface area contributed by atoms with Crippen molar-refractivity contribution in [1.82, 2.24) is 9.97 Å². The smallest absolute Gasteiger partial charge is 0.180 e. The first-order chi connectivity index (χ1) is 6.66. The summed E-state index contributed by atoms with van der Waals surface area (Å²) in [7, 11) is 0. The van der Waals surface area contributed by atoms with E-state index in [0.717, 1.165) is 11.3 Å². The Bertz CT molecular complexity index is 469. The Morgan fingerprint density at radius 3 is 2.71 bits per heavy atom. The summed E-state index contributed by atoms with van der Waals surface area (Å²) in [4.78, 5) is 8.03. The molecule has 14 heavy (non-hydrogen) atoms. The molecule has 0 amide bonds. The van der Waals surface area contributed by atoms with Gasteiger partial charge in [0.25, 0.3) is 0 Å². The van der Waals surface area contributed by atoms with Crippen LogP contribution < -0.4 is 5.73 Å². The van der Waals surface area contributed by atoms with Crippen LogP contribution in [0.4, 0.5) is 5.13 Å². The monoisotopic (exact) mass is 245 g/mol. The zero-order valence-electron chi connectivity index (χ0n) is 6.87. The van der Waals surface area contributed by atoms with Gasteiger partial charge in [-0.05, 0) is 6.07 Å². The molecule has 0 radical (unpaired) electrons. The molecule has 0 unspecified atom stereocenters. The predicted octanol–water partition coefficient (Wildman–Crippen LogP) is 3.09. The van der Waals surface area contributed by atoms with Gasteiger partial charge in [-0.25, -0.2) is 9.97 Å². The van der Waals surface area contributed by atoms with E-state index in [1.807, 2.05) is 5.38 Å². The van der Waals surface area contributed by atoms with E-state index in [9.17, 15) is 0 Å². The number of pyridine rings is 1. The standard InChI is InChI=1S/C8H5Cl2N3S/c9-5-1-7(10)12-2-4(5)6-3-14-8(11)13-6/h1-3H,(H2,11,13). The molecule has 0 aliphatic carbocycles. The van der Waals surface area contributed by atoms with Crippen LogP contribution >= 0.6 is 34.5 Å². The van der Waals surface area contributed by atoms with E-state index in [0.29, 0.717) is 15.3 Å². The molecule has 2 N–H and O–H groups in total. The molecule has 0 atom stereocenters. The first-order valence-electron chi connectivity index (χ1n) is 3.69. The number of anilines is 1. The molecule has 72 valence electrons. The SMILES string of the molecule is Nc1nc(-c2cnc(Cl)cc2Cl)cs1. The van der Waals surface area contributed by atoms with Crippen LogP contribution in [0.3, 0.4) is 0 Å². The molecule has 0 saturated heterocycles. The van der Waals surface area contributed by atoms with Crippen molar-refractivity contribution in [1.29, 1.82) is 0 Å². The van der Waals surface area contributed by atoms with Gasteiger partial charge in [0, 0.05) is 17.1 Å². The molecular formula is C8H5Cl2N3S. The zero-order valence-corrected chi connectivity index (χ0v) is 9.20. The van der Waals surface area contributed by atoms with Crippen molar-refractivity contribution in [2.45, 2.75) is 0 Å². The van der Waals surface area contributed by atoms with Gasteiger partial charge in [0.2, 0.25) is 0 Å². The van der Waals surface area contributed by atoms with Crippen LogP contribution in [0.2, 0.25) is 10.2 Å². The third-order valence-corrected chi connectivity index (χ3v) is 2.81. The molecule has 2 aromatic heterocycles. The number of thiazole rings is 1. The van der Waals surface area contributed by atoms with Crippen LogP contribution in [0, 0.1) is 0 Å². The average molecular weight is 246 g/mol. The number of halogens is 2. The van der Waals surface area contributed by atoms with Crippen LogP contribution in [0.15, 0.2) is 17.6 Å². The van der Waals surface area contributed by atoms with E-state index < -0.39 is 0 Å². The van der Waals surface area contributed by atoms with Gasteiger partial charge in [0.15, 0.2) is 5.13 Å². The number of aromatic nitrogens is 2. The summed E-state index contributed by atoms with van der Waals surface area (Å²) >= 11 is 13.0. The van der Waals surface area contributed by atoms with Gasteiger partial charge in [-0.3, -0.25) is 0 Å². The Labute approximate surface area is 94.5 Å². The Hall–Kier alpha value is -0.840. The molecule has 0 saturated carbocycles. The van der Waals surface area contributed by atoms with Crippen molar-refractivity contribution in [2.24, 2.45) is 0 Å². The lowest BCUT2D eigenvalue weighted by Gasteiger charge is -1.99. The van der Waals surface area contributed by atoms with Gasteiger partial charge in [-0.2, -0.15) is 0 Å². The van der Waals surface area contributed by atoms with Gasteiger partial charge in [-0.1, -0.05) is 23.2 Å². The second kappa shape index (κ2) is 3.73. The topological polar surface area (TPSA) is 51.8 Å². The number of rotatable bonds is 1. The van der Waals surface area contributed by atoms with Crippen molar-refractivity contribution in [3.05, 3.63) is 27.8 Å². The summed E-state index contributed by atoms with van der Waals surface area (Å²) in [5.41, 5.74) is 6.98. The molecule has 0 aliphatic heterocycles. The highest BCUT2D eigenvalue weighted by Gasteiger charge is 2.07. The second-order valence-electron chi connectivity index (χ2n) is 2.56. The van der Waals surface area contributed by atoms with Crippen molar-refractivity contribution in [2.75, 3.05) is 5.73 Å². The number of hydrogen-bond acceptors (Lipinski definition) is 4. The summed E-state index contributed by atoms with van der Waals surface area (Å²) in [6, 6.07) is 1.58. The van der Waals surface area contributed by atoms with Gasteiger partial charge in [-0.15, -0.1) is 11.3 Å². The second-order valence-corrected chi connectivity index (χ2v) is 4.24. The first-order valence-corrected chi connectivity index (χ1v) is 5.33. The third-order valence-electron chi connectivity index (χ3n) is 1.62. The number of hydrogen-bond donors (Lipinski definition) is 1. The normalized spacial score (nSPS) is 10.4. The number of nitrogens with two attached hydrogens (primary N) is 1. The van der Waals surface area contributed by atoms with Crippen molar-refractivity contribution < 1.29 is 0 Å². The van der Waals surface area contributed by atoms with E-state index in [1.54, 1.807) is 12.3 Å². The van der Waals surface area contributed by atoms with Crippen LogP contribution in [-0.4, -0.2) is 9.97 Å². The maximum absolute atomic E-state index is 5.97. The molecule has 0 bridgehead atoms. The van der Waals surface area contributed by atoms with Gasteiger partial charge in [0.1, 0.15) is 5.15 Å². The molecule has 2 heterocycles. The van der Waals surface area contributed by atoms with Gasteiger partial charge < -0.3 is 5.73 Å². The molecule has 3 nitrogen and oxygen atoms in total. The van der Waals surface area contributed by atoms with E-state index in [1.165, 1.54) is 11.3 Å². The minimum atomic E-state index is 0.363. The number of nitrogen functional groups attached to an aromatic ring is 1. The van der Waals surface area contributed by atoms with Crippen molar-refractivity contribution in [3.63, 3.8) is 0 Å². The summed E-state index contributed by atoms with van der Waals surface area (Å²) < 4.78 is 0. The fraction of sp³-hybridized carbons (Fsp3) is 0. The van der Waals surface area contributed by atoms with Crippen LogP contribution in [0.25, 0.3) is 11.3 Å². The number of nitrogens with zero attached hydrogens (tertiary/aromatic N) is 2. The quantitative estimate of drug-likeness (QED) is 0.786. The third kappa shape index (κ3) is 1.82. The lowest BCUT2D eigenvalue weighted by Crippen LogP contribution is -1.85. The highest BCUT2D eigenvalue weighted by Crippen LogP contribution is 2.30. The van der Waals surface area contributed by atoms with E-state index in [2.05, 4.69) is 9.97 Å². The molecule has 0 fully saturated rings. The highest BCUT2D eigenvalue weighted by molar-refractivity contribution is 7.13. The van der Waals surface area contributed by atoms with Crippen molar-refractivity contribution in [3.8, 4) is 11.3 Å². The lowest BCUT2D eigenvalue weighted by atomic mass is 10.2. The molecule has 0 aromatic carbocycles. The summed E-state index contributed by atoms with van der Waals surface area (Å²) in [6.45, 7) is 0. The highest BCUT2D eigenvalue weighted by atomic mass is 35.5. The van der Waals surface area contributed by atoms with Crippen molar-refractivity contribution >= 4 is 39.7 Å². The van der Waals surface area contributed by atoms with Gasteiger partial charge >= 0.3 is 0 Å². The van der Waals surface area contributed by atoms with Crippen LogP contribution in [-0.2, 0) is 0 Å².